The Hall–Kier alpha value is -1.97. The van der Waals surface area contributed by atoms with Crippen molar-refractivity contribution >= 4 is 5.88 Å². The van der Waals surface area contributed by atoms with E-state index < -0.39 is 0 Å². The van der Waals surface area contributed by atoms with Crippen molar-refractivity contribution in [1.82, 2.24) is 5.16 Å². The van der Waals surface area contributed by atoms with Crippen LogP contribution in [0, 0.1) is 6.92 Å². The standard InChI is InChI=1S/C11H12N2O2/c1-7-3-4-8(14-2)5-9(7)10-6-11(12)15-13-10/h3-6H,12H2,1-2H3. The van der Waals surface area contributed by atoms with E-state index in [4.69, 9.17) is 15.0 Å². The number of hydrogen-bond acceptors (Lipinski definition) is 4. The third kappa shape index (κ3) is 1.79. The number of methoxy groups -OCH3 is 1. The molecule has 0 unspecified atom stereocenters. The summed E-state index contributed by atoms with van der Waals surface area (Å²) in [6.07, 6.45) is 0. The quantitative estimate of drug-likeness (QED) is 0.814. The van der Waals surface area contributed by atoms with Gasteiger partial charge in [0.1, 0.15) is 11.4 Å². The van der Waals surface area contributed by atoms with Gasteiger partial charge in [-0.2, -0.15) is 0 Å². The summed E-state index contributed by atoms with van der Waals surface area (Å²) >= 11 is 0. The lowest BCUT2D eigenvalue weighted by atomic mass is 10.1. The van der Waals surface area contributed by atoms with Gasteiger partial charge in [0.15, 0.2) is 0 Å². The van der Waals surface area contributed by atoms with Gasteiger partial charge in [0.25, 0.3) is 0 Å². The minimum Gasteiger partial charge on any atom is -0.497 e. The molecule has 0 fully saturated rings. The Balaban J connectivity index is 2.51. The molecule has 0 aliphatic rings. The van der Waals surface area contributed by atoms with Crippen LogP contribution in [0.5, 0.6) is 5.75 Å². The first kappa shape index (κ1) is 9.58. The fraction of sp³-hybridized carbons (Fsp3) is 0.182. The molecule has 4 heteroatoms. The van der Waals surface area contributed by atoms with Crippen LogP contribution >= 0.6 is 0 Å². The molecule has 0 amide bonds. The molecule has 2 N–H and O–H groups in total. The number of hydrogen-bond donors (Lipinski definition) is 1. The molecule has 0 saturated carbocycles. The second-order valence-electron chi connectivity index (χ2n) is 3.30. The minimum atomic E-state index is 0.312. The predicted molar refractivity (Wildman–Crippen MR) is 57.6 cm³/mol. The third-order valence-electron chi connectivity index (χ3n) is 2.25. The lowest BCUT2D eigenvalue weighted by Crippen LogP contribution is -1.87. The maximum absolute atomic E-state index is 5.48. The van der Waals surface area contributed by atoms with Crippen LogP contribution in [-0.2, 0) is 0 Å². The Labute approximate surface area is 87.6 Å². The van der Waals surface area contributed by atoms with E-state index in [0.717, 1.165) is 22.6 Å². The van der Waals surface area contributed by atoms with Gasteiger partial charge in [0.2, 0.25) is 5.88 Å². The molecular weight excluding hydrogens is 192 g/mol. The first-order valence-electron chi connectivity index (χ1n) is 4.58. The molecule has 0 aliphatic carbocycles. The van der Waals surface area contributed by atoms with E-state index in [1.165, 1.54) is 0 Å². The highest BCUT2D eigenvalue weighted by Gasteiger charge is 2.08. The van der Waals surface area contributed by atoms with E-state index >= 15 is 0 Å². The summed E-state index contributed by atoms with van der Waals surface area (Å²) in [6, 6.07) is 7.48. The van der Waals surface area contributed by atoms with Crippen molar-refractivity contribution in [3.63, 3.8) is 0 Å². The fourth-order valence-corrected chi connectivity index (χ4v) is 1.42. The van der Waals surface area contributed by atoms with Crippen LogP contribution in [0.4, 0.5) is 5.88 Å². The van der Waals surface area contributed by atoms with Crippen molar-refractivity contribution in [2.45, 2.75) is 6.92 Å². The van der Waals surface area contributed by atoms with Gasteiger partial charge in [-0.15, -0.1) is 0 Å². The lowest BCUT2D eigenvalue weighted by Gasteiger charge is -2.04. The topological polar surface area (TPSA) is 61.3 Å². The van der Waals surface area contributed by atoms with Crippen molar-refractivity contribution in [2.24, 2.45) is 0 Å². The van der Waals surface area contributed by atoms with Gasteiger partial charge in [-0.05, 0) is 24.6 Å². The van der Waals surface area contributed by atoms with Crippen LogP contribution in [0.3, 0.4) is 0 Å². The van der Waals surface area contributed by atoms with Crippen LogP contribution < -0.4 is 10.5 Å². The summed E-state index contributed by atoms with van der Waals surface area (Å²) in [6.45, 7) is 2.00. The summed E-state index contributed by atoms with van der Waals surface area (Å²) < 4.78 is 9.98. The van der Waals surface area contributed by atoms with Gasteiger partial charge < -0.3 is 15.0 Å². The van der Waals surface area contributed by atoms with Crippen LogP contribution in [0.15, 0.2) is 28.8 Å². The average molecular weight is 204 g/mol. The van der Waals surface area contributed by atoms with Gasteiger partial charge in [0.05, 0.1) is 7.11 Å². The average Bonchev–Trinajstić information content (AvgIpc) is 2.65. The smallest absolute Gasteiger partial charge is 0.222 e. The van der Waals surface area contributed by atoms with Crippen LogP contribution in [-0.4, -0.2) is 12.3 Å². The number of aryl methyl sites for hydroxylation is 1. The Kier molecular flexibility index (Phi) is 2.33. The van der Waals surface area contributed by atoms with Gasteiger partial charge in [-0.1, -0.05) is 11.2 Å². The number of aromatic nitrogens is 1. The highest BCUT2D eigenvalue weighted by molar-refractivity contribution is 5.66. The molecule has 1 heterocycles. The maximum Gasteiger partial charge on any atom is 0.222 e. The molecule has 1 aromatic carbocycles. The SMILES string of the molecule is COc1ccc(C)c(-c2cc(N)on2)c1. The second-order valence-corrected chi connectivity index (χ2v) is 3.30. The van der Waals surface area contributed by atoms with Gasteiger partial charge in [-0.3, -0.25) is 0 Å². The predicted octanol–water partition coefficient (Wildman–Crippen LogP) is 2.24. The normalized spacial score (nSPS) is 10.3. The molecule has 15 heavy (non-hydrogen) atoms. The fourth-order valence-electron chi connectivity index (χ4n) is 1.42. The van der Waals surface area contributed by atoms with E-state index in [-0.39, 0.29) is 0 Å². The van der Waals surface area contributed by atoms with Crippen LogP contribution in [0.25, 0.3) is 11.3 Å². The Morgan fingerprint density at radius 1 is 1.33 bits per heavy atom. The monoisotopic (exact) mass is 204 g/mol. The molecule has 2 rings (SSSR count). The van der Waals surface area contributed by atoms with E-state index in [1.807, 2.05) is 25.1 Å². The highest BCUT2D eigenvalue weighted by Crippen LogP contribution is 2.27. The molecule has 4 nitrogen and oxygen atoms in total. The number of anilines is 1. The van der Waals surface area contributed by atoms with E-state index in [2.05, 4.69) is 5.16 Å². The van der Waals surface area contributed by atoms with Gasteiger partial charge in [-0.25, -0.2) is 0 Å². The first-order valence-corrected chi connectivity index (χ1v) is 4.58. The number of nitrogens with zero attached hydrogens (tertiary/aromatic N) is 1. The lowest BCUT2D eigenvalue weighted by molar-refractivity contribution is 0.414. The molecule has 1 aromatic heterocycles. The van der Waals surface area contributed by atoms with Crippen molar-refractivity contribution in [3.05, 3.63) is 29.8 Å². The van der Waals surface area contributed by atoms with E-state index in [1.54, 1.807) is 13.2 Å². The van der Waals surface area contributed by atoms with Gasteiger partial charge in [0, 0.05) is 11.6 Å². The number of ether oxygens (including phenoxy) is 1. The summed E-state index contributed by atoms with van der Waals surface area (Å²) in [5.41, 5.74) is 8.27. The minimum absolute atomic E-state index is 0.312. The Morgan fingerprint density at radius 3 is 2.73 bits per heavy atom. The molecule has 0 atom stereocenters. The zero-order valence-electron chi connectivity index (χ0n) is 8.65. The molecule has 0 bridgehead atoms. The summed E-state index contributed by atoms with van der Waals surface area (Å²) in [4.78, 5) is 0. The van der Waals surface area contributed by atoms with Crippen LogP contribution in [0.2, 0.25) is 0 Å². The summed E-state index contributed by atoms with van der Waals surface area (Å²) in [5, 5.41) is 3.87. The first-order chi connectivity index (χ1) is 7.20. The third-order valence-corrected chi connectivity index (χ3v) is 2.25. The zero-order valence-corrected chi connectivity index (χ0v) is 8.65. The number of rotatable bonds is 2. The molecule has 78 valence electrons. The summed E-state index contributed by atoms with van der Waals surface area (Å²) in [5.74, 6) is 1.10. The largest absolute Gasteiger partial charge is 0.497 e. The van der Waals surface area contributed by atoms with E-state index in [0.29, 0.717) is 5.88 Å². The molecule has 0 aliphatic heterocycles. The molecule has 0 radical (unpaired) electrons. The molecule has 2 aromatic rings. The highest BCUT2D eigenvalue weighted by atomic mass is 16.5. The Morgan fingerprint density at radius 2 is 2.13 bits per heavy atom. The second kappa shape index (κ2) is 3.65. The Bertz CT molecular complexity index is 477. The number of nitrogen functional groups attached to an aromatic ring is 1. The van der Waals surface area contributed by atoms with Gasteiger partial charge >= 0.3 is 0 Å². The van der Waals surface area contributed by atoms with E-state index in [9.17, 15) is 0 Å². The van der Waals surface area contributed by atoms with Crippen molar-refractivity contribution in [1.29, 1.82) is 0 Å². The molecule has 0 spiro atoms. The molecular formula is C11H12N2O2. The maximum atomic E-state index is 5.48. The summed E-state index contributed by atoms with van der Waals surface area (Å²) in [7, 11) is 1.63. The number of nitrogens with two attached hydrogens (primary N) is 1. The molecule has 0 saturated heterocycles. The zero-order chi connectivity index (χ0) is 10.8. The van der Waals surface area contributed by atoms with Crippen LogP contribution in [0.1, 0.15) is 5.56 Å². The van der Waals surface area contributed by atoms with Crippen molar-refractivity contribution < 1.29 is 9.26 Å². The van der Waals surface area contributed by atoms with Crippen molar-refractivity contribution in [2.75, 3.05) is 12.8 Å². The number of benzene rings is 1. The van der Waals surface area contributed by atoms with Crippen molar-refractivity contribution in [3.8, 4) is 17.0 Å².